The van der Waals surface area contributed by atoms with Gasteiger partial charge in [0, 0.05) is 11.5 Å². The standard InChI is InChI=1S/C8H4BrFN2O/c9-7-5-2-1-4(10)3-6(5)11-8(13)12-7/h1-3H,(H,11,12,13). The van der Waals surface area contributed by atoms with E-state index in [-0.39, 0.29) is 0 Å². The maximum Gasteiger partial charge on any atom is 0.346 e. The van der Waals surface area contributed by atoms with Crippen LogP contribution in [0.2, 0.25) is 0 Å². The Morgan fingerprint density at radius 3 is 3.00 bits per heavy atom. The van der Waals surface area contributed by atoms with Crippen molar-refractivity contribution < 1.29 is 4.39 Å². The Balaban J connectivity index is 2.94. The summed E-state index contributed by atoms with van der Waals surface area (Å²) in [6, 6.07) is 4.08. The molecule has 1 aromatic heterocycles. The Labute approximate surface area is 80.7 Å². The van der Waals surface area contributed by atoms with Crippen LogP contribution in [0.25, 0.3) is 10.9 Å². The zero-order valence-electron chi connectivity index (χ0n) is 6.34. The van der Waals surface area contributed by atoms with Gasteiger partial charge in [-0.2, -0.15) is 4.98 Å². The van der Waals surface area contributed by atoms with Crippen molar-refractivity contribution in [1.82, 2.24) is 9.97 Å². The summed E-state index contributed by atoms with van der Waals surface area (Å²) in [6.45, 7) is 0. The number of aromatic nitrogens is 2. The highest BCUT2D eigenvalue weighted by Gasteiger charge is 2.02. The molecule has 2 rings (SSSR count). The van der Waals surface area contributed by atoms with E-state index in [0.29, 0.717) is 15.5 Å². The van der Waals surface area contributed by atoms with E-state index in [4.69, 9.17) is 0 Å². The lowest BCUT2D eigenvalue weighted by Gasteiger charge is -1.97. The summed E-state index contributed by atoms with van der Waals surface area (Å²) < 4.78 is 13.2. The first-order valence-electron chi connectivity index (χ1n) is 3.52. The molecule has 0 fully saturated rings. The van der Waals surface area contributed by atoms with Crippen molar-refractivity contribution in [3.05, 3.63) is 39.1 Å². The van der Waals surface area contributed by atoms with Gasteiger partial charge in [-0.1, -0.05) is 0 Å². The maximum absolute atomic E-state index is 12.7. The monoisotopic (exact) mass is 242 g/mol. The normalized spacial score (nSPS) is 10.6. The van der Waals surface area contributed by atoms with Crippen molar-refractivity contribution in [2.24, 2.45) is 0 Å². The number of benzene rings is 1. The van der Waals surface area contributed by atoms with Crippen molar-refractivity contribution in [2.45, 2.75) is 0 Å². The molecule has 0 saturated carbocycles. The van der Waals surface area contributed by atoms with Gasteiger partial charge in [0.1, 0.15) is 5.82 Å². The Morgan fingerprint density at radius 1 is 1.46 bits per heavy atom. The highest BCUT2D eigenvalue weighted by molar-refractivity contribution is 9.10. The van der Waals surface area contributed by atoms with Crippen molar-refractivity contribution in [1.29, 1.82) is 0 Å². The lowest BCUT2D eigenvalue weighted by atomic mass is 10.2. The fraction of sp³-hybridized carbons (Fsp3) is 0. The lowest BCUT2D eigenvalue weighted by molar-refractivity contribution is 0.629. The zero-order chi connectivity index (χ0) is 9.42. The molecule has 0 aliphatic heterocycles. The molecule has 0 aliphatic carbocycles. The molecule has 0 spiro atoms. The first-order chi connectivity index (χ1) is 6.16. The summed E-state index contributed by atoms with van der Waals surface area (Å²) >= 11 is 3.15. The molecule has 1 N–H and O–H groups in total. The molecule has 3 nitrogen and oxygen atoms in total. The Morgan fingerprint density at radius 2 is 2.23 bits per heavy atom. The van der Waals surface area contributed by atoms with Gasteiger partial charge in [0.25, 0.3) is 0 Å². The molecule has 0 unspecified atom stereocenters. The number of hydrogen-bond donors (Lipinski definition) is 1. The summed E-state index contributed by atoms with van der Waals surface area (Å²) in [5.74, 6) is -0.405. The molecular weight excluding hydrogens is 239 g/mol. The van der Waals surface area contributed by atoms with E-state index in [2.05, 4.69) is 25.9 Å². The SMILES string of the molecule is O=c1nc2cc(F)ccc2c(Br)[nH]1. The number of H-pyrrole nitrogens is 1. The quantitative estimate of drug-likeness (QED) is 0.717. The van der Waals surface area contributed by atoms with E-state index in [1.807, 2.05) is 0 Å². The van der Waals surface area contributed by atoms with Gasteiger partial charge in [-0.25, -0.2) is 9.18 Å². The number of nitrogens with zero attached hydrogens (tertiary/aromatic N) is 1. The molecule has 1 heterocycles. The summed E-state index contributed by atoms with van der Waals surface area (Å²) in [6.07, 6.45) is 0. The molecule has 0 atom stereocenters. The molecule has 0 saturated heterocycles. The van der Waals surface area contributed by atoms with Crippen LogP contribution in [0.1, 0.15) is 0 Å². The molecule has 2 aromatic rings. The van der Waals surface area contributed by atoms with E-state index in [1.54, 1.807) is 6.07 Å². The first-order valence-corrected chi connectivity index (χ1v) is 4.31. The number of nitrogens with one attached hydrogen (secondary N) is 1. The van der Waals surface area contributed by atoms with Gasteiger partial charge >= 0.3 is 5.69 Å². The average molecular weight is 243 g/mol. The smallest absolute Gasteiger partial charge is 0.299 e. The van der Waals surface area contributed by atoms with Crippen LogP contribution in [0.5, 0.6) is 0 Å². The highest BCUT2D eigenvalue weighted by atomic mass is 79.9. The predicted molar refractivity (Wildman–Crippen MR) is 50.0 cm³/mol. The second-order valence-corrected chi connectivity index (χ2v) is 3.31. The summed E-state index contributed by atoms with van der Waals surface area (Å²) in [5.41, 5.74) is -0.152. The molecule has 0 amide bonds. The number of aromatic amines is 1. The number of rotatable bonds is 0. The fourth-order valence-electron chi connectivity index (χ4n) is 1.08. The van der Waals surface area contributed by atoms with Gasteiger partial charge in [0.05, 0.1) is 10.1 Å². The largest absolute Gasteiger partial charge is 0.346 e. The van der Waals surface area contributed by atoms with Crippen molar-refractivity contribution in [2.75, 3.05) is 0 Å². The Bertz CT molecular complexity index is 523. The zero-order valence-corrected chi connectivity index (χ0v) is 7.93. The second kappa shape index (κ2) is 2.92. The third kappa shape index (κ3) is 1.47. The van der Waals surface area contributed by atoms with E-state index in [1.165, 1.54) is 12.1 Å². The Hall–Kier alpha value is -1.23. The summed E-state index contributed by atoms with van der Waals surface area (Å²) in [4.78, 5) is 17.0. The molecular formula is C8H4BrFN2O. The average Bonchev–Trinajstić information content (AvgIpc) is 2.02. The molecule has 1 aromatic carbocycles. The van der Waals surface area contributed by atoms with E-state index in [9.17, 15) is 9.18 Å². The van der Waals surface area contributed by atoms with Crippen LogP contribution in [0.3, 0.4) is 0 Å². The molecule has 5 heteroatoms. The van der Waals surface area contributed by atoms with Gasteiger partial charge in [0.15, 0.2) is 0 Å². The minimum absolute atomic E-state index is 0.343. The van der Waals surface area contributed by atoms with Crippen LogP contribution >= 0.6 is 15.9 Å². The van der Waals surface area contributed by atoms with E-state index < -0.39 is 11.5 Å². The highest BCUT2D eigenvalue weighted by Crippen LogP contribution is 2.18. The van der Waals surface area contributed by atoms with Crippen LogP contribution in [-0.2, 0) is 0 Å². The van der Waals surface area contributed by atoms with E-state index >= 15 is 0 Å². The van der Waals surface area contributed by atoms with Crippen LogP contribution in [0.4, 0.5) is 4.39 Å². The Kier molecular flexibility index (Phi) is 1.88. The van der Waals surface area contributed by atoms with E-state index in [0.717, 1.165) is 0 Å². The second-order valence-electron chi connectivity index (χ2n) is 2.52. The molecule has 0 radical (unpaired) electrons. The number of halogens is 2. The van der Waals surface area contributed by atoms with Gasteiger partial charge in [-0.05, 0) is 28.1 Å². The van der Waals surface area contributed by atoms with Gasteiger partial charge in [-0.15, -0.1) is 0 Å². The third-order valence-electron chi connectivity index (χ3n) is 1.63. The molecule has 66 valence electrons. The summed E-state index contributed by atoms with van der Waals surface area (Å²) in [5, 5.41) is 0.681. The van der Waals surface area contributed by atoms with Crippen molar-refractivity contribution >= 4 is 26.8 Å². The first kappa shape index (κ1) is 8.37. The van der Waals surface area contributed by atoms with Gasteiger partial charge in [-0.3, -0.25) is 4.98 Å². The van der Waals surface area contributed by atoms with Crippen LogP contribution < -0.4 is 5.69 Å². The number of fused-ring (bicyclic) bond motifs is 1. The van der Waals surface area contributed by atoms with Crippen LogP contribution in [-0.4, -0.2) is 9.97 Å². The number of hydrogen-bond acceptors (Lipinski definition) is 2. The van der Waals surface area contributed by atoms with Crippen LogP contribution in [0, 0.1) is 5.82 Å². The van der Waals surface area contributed by atoms with Crippen molar-refractivity contribution in [3.63, 3.8) is 0 Å². The topological polar surface area (TPSA) is 45.8 Å². The molecule has 0 aliphatic rings. The molecule has 13 heavy (non-hydrogen) atoms. The fourth-order valence-corrected chi connectivity index (χ4v) is 1.59. The molecule has 0 bridgehead atoms. The lowest BCUT2D eigenvalue weighted by Crippen LogP contribution is -2.10. The summed E-state index contributed by atoms with van der Waals surface area (Å²) in [7, 11) is 0. The maximum atomic E-state index is 12.7. The van der Waals surface area contributed by atoms with Crippen molar-refractivity contribution in [3.8, 4) is 0 Å². The van der Waals surface area contributed by atoms with Crippen LogP contribution in [0.15, 0.2) is 27.6 Å². The van der Waals surface area contributed by atoms with Gasteiger partial charge < -0.3 is 0 Å². The minimum Gasteiger partial charge on any atom is -0.299 e. The predicted octanol–water partition coefficient (Wildman–Crippen LogP) is 1.82. The minimum atomic E-state index is -0.495. The third-order valence-corrected chi connectivity index (χ3v) is 2.26. The van der Waals surface area contributed by atoms with Gasteiger partial charge in [0.2, 0.25) is 0 Å².